The lowest BCUT2D eigenvalue weighted by Crippen LogP contribution is -2.32. The number of rotatable bonds is 4. The van der Waals surface area contributed by atoms with Gasteiger partial charge in [-0.1, -0.05) is 17.4 Å². The van der Waals surface area contributed by atoms with Crippen LogP contribution in [0.4, 0.5) is 0 Å². The second kappa shape index (κ2) is 6.96. The lowest BCUT2D eigenvalue weighted by molar-refractivity contribution is -0.132. The van der Waals surface area contributed by atoms with Crippen LogP contribution in [-0.4, -0.2) is 31.9 Å². The van der Waals surface area contributed by atoms with Crippen LogP contribution in [-0.2, 0) is 11.3 Å². The lowest BCUT2D eigenvalue weighted by atomic mass is 10.2. The number of thiazole rings is 1. The zero-order valence-electron chi connectivity index (χ0n) is 15.9. The summed E-state index contributed by atoms with van der Waals surface area (Å²) in [7, 11) is 0. The Morgan fingerprint density at radius 2 is 2.15 bits per heavy atom. The highest BCUT2D eigenvalue weighted by atomic mass is 32.1. The highest BCUT2D eigenvalue weighted by Gasteiger charge is 2.32. The summed E-state index contributed by atoms with van der Waals surface area (Å²) in [6.45, 7) is 7.13. The molecule has 0 radical (unpaired) electrons. The van der Waals surface area contributed by atoms with Crippen molar-refractivity contribution < 1.29 is 4.79 Å². The molecule has 6 nitrogen and oxygen atoms in total. The van der Waals surface area contributed by atoms with Gasteiger partial charge in [-0.05, 0) is 51.3 Å². The number of nitrogens with one attached hydrogen (secondary N) is 1. The number of likely N-dealkylation sites (tertiary alicyclic amines) is 1. The van der Waals surface area contributed by atoms with Crippen molar-refractivity contribution in [3.05, 3.63) is 49.8 Å². The number of carbonyl (C=O) groups excluding carboxylic acids is 1. The second-order valence-corrected chi connectivity index (χ2v) is 8.46. The summed E-state index contributed by atoms with van der Waals surface area (Å²) < 4.78 is 1.72. The highest BCUT2D eigenvalue weighted by molar-refractivity contribution is 7.09. The standard InChI is InChI=1S/C20H24N4O2S/c1-12-6-7-15-16(11-12)22-19(21-15)17-5-4-9-24(17)18(25)8-10-23-13(2)14(3)27-20(23)26/h6-7,11,17H,4-5,8-10H2,1-3H3,(H,21,22). The Labute approximate surface area is 161 Å². The number of aryl methyl sites for hydroxylation is 2. The summed E-state index contributed by atoms with van der Waals surface area (Å²) in [5.41, 5.74) is 4.10. The Morgan fingerprint density at radius 1 is 1.33 bits per heavy atom. The fourth-order valence-electron chi connectivity index (χ4n) is 3.85. The third kappa shape index (κ3) is 3.32. The molecule has 1 amide bonds. The third-order valence-electron chi connectivity index (χ3n) is 5.47. The molecule has 0 bridgehead atoms. The van der Waals surface area contributed by atoms with Gasteiger partial charge in [-0.25, -0.2) is 4.98 Å². The van der Waals surface area contributed by atoms with E-state index in [1.807, 2.05) is 30.9 Å². The van der Waals surface area contributed by atoms with Gasteiger partial charge in [-0.15, -0.1) is 0 Å². The van der Waals surface area contributed by atoms with Crippen LogP contribution in [0, 0.1) is 20.8 Å². The minimum absolute atomic E-state index is 0.00719. The van der Waals surface area contributed by atoms with Gasteiger partial charge in [0.2, 0.25) is 5.91 Å². The smallest absolute Gasteiger partial charge is 0.307 e. The molecule has 27 heavy (non-hydrogen) atoms. The van der Waals surface area contributed by atoms with Crippen LogP contribution in [0.1, 0.15) is 47.3 Å². The van der Waals surface area contributed by atoms with Gasteiger partial charge in [0.15, 0.2) is 0 Å². The molecular weight excluding hydrogens is 360 g/mol. The van der Waals surface area contributed by atoms with E-state index in [-0.39, 0.29) is 16.8 Å². The number of aromatic nitrogens is 3. The van der Waals surface area contributed by atoms with E-state index >= 15 is 0 Å². The number of fused-ring (bicyclic) bond motifs is 1. The zero-order valence-corrected chi connectivity index (χ0v) is 16.7. The molecule has 1 unspecified atom stereocenters. The van der Waals surface area contributed by atoms with E-state index in [9.17, 15) is 9.59 Å². The zero-order chi connectivity index (χ0) is 19.1. The molecule has 1 aliphatic rings. The van der Waals surface area contributed by atoms with Crippen molar-refractivity contribution in [1.29, 1.82) is 0 Å². The maximum Gasteiger partial charge on any atom is 0.307 e. The Hall–Kier alpha value is -2.41. The molecular formula is C20H24N4O2S. The first kappa shape index (κ1) is 18.0. The van der Waals surface area contributed by atoms with Gasteiger partial charge in [-0.2, -0.15) is 0 Å². The van der Waals surface area contributed by atoms with Crippen LogP contribution in [0.15, 0.2) is 23.0 Å². The summed E-state index contributed by atoms with van der Waals surface area (Å²) >= 11 is 1.25. The van der Waals surface area contributed by atoms with E-state index in [2.05, 4.69) is 18.0 Å². The Kier molecular flexibility index (Phi) is 4.63. The first-order chi connectivity index (χ1) is 12.9. The third-order valence-corrected chi connectivity index (χ3v) is 6.47. The van der Waals surface area contributed by atoms with Gasteiger partial charge < -0.3 is 14.5 Å². The first-order valence-electron chi connectivity index (χ1n) is 9.36. The number of H-pyrrole nitrogens is 1. The molecule has 2 aromatic heterocycles. The number of nitrogens with zero attached hydrogens (tertiary/aromatic N) is 3. The molecule has 1 fully saturated rings. The monoisotopic (exact) mass is 384 g/mol. The lowest BCUT2D eigenvalue weighted by Gasteiger charge is -2.23. The second-order valence-electron chi connectivity index (χ2n) is 7.30. The van der Waals surface area contributed by atoms with Gasteiger partial charge in [0.05, 0.1) is 17.1 Å². The Morgan fingerprint density at radius 3 is 2.89 bits per heavy atom. The van der Waals surface area contributed by atoms with Crippen LogP contribution in [0.2, 0.25) is 0 Å². The molecule has 3 heterocycles. The molecule has 1 aromatic carbocycles. The van der Waals surface area contributed by atoms with Gasteiger partial charge >= 0.3 is 4.87 Å². The largest absolute Gasteiger partial charge is 0.340 e. The maximum absolute atomic E-state index is 12.9. The molecule has 4 rings (SSSR count). The SMILES string of the molecule is Cc1ccc2nc(C3CCCN3C(=O)CCn3c(C)c(C)sc3=O)[nH]c2c1. The molecule has 142 valence electrons. The molecule has 1 N–H and O–H groups in total. The molecule has 0 aliphatic carbocycles. The van der Waals surface area contributed by atoms with Crippen molar-refractivity contribution in [2.75, 3.05) is 6.54 Å². The first-order valence-corrected chi connectivity index (χ1v) is 10.2. The molecule has 1 aliphatic heterocycles. The van der Waals surface area contributed by atoms with Gasteiger partial charge in [0.1, 0.15) is 5.82 Å². The van der Waals surface area contributed by atoms with Crippen molar-refractivity contribution >= 4 is 28.3 Å². The Balaban J connectivity index is 1.51. The summed E-state index contributed by atoms with van der Waals surface area (Å²) in [6.07, 6.45) is 2.23. The van der Waals surface area contributed by atoms with Crippen molar-refractivity contribution in [1.82, 2.24) is 19.4 Å². The molecule has 3 aromatic rings. The average Bonchev–Trinajstić information content (AvgIpc) is 3.32. The van der Waals surface area contributed by atoms with E-state index in [1.54, 1.807) is 4.57 Å². The summed E-state index contributed by atoms with van der Waals surface area (Å²) in [5.74, 6) is 0.950. The van der Waals surface area contributed by atoms with Crippen LogP contribution < -0.4 is 4.87 Å². The predicted octanol–water partition coefficient (Wildman–Crippen LogP) is 3.47. The summed E-state index contributed by atoms with van der Waals surface area (Å²) in [4.78, 5) is 36.0. The van der Waals surface area contributed by atoms with Gasteiger partial charge in [-0.3, -0.25) is 9.59 Å². The fraction of sp³-hybridized carbons (Fsp3) is 0.450. The maximum atomic E-state index is 12.9. The quantitative estimate of drug-likeness (QED) is 0.749. The topological polar surface area (TPSA) is 71.0 Å². The molecule has 0 saturated carbocycles. The number of benzene rings is 1. The van der Waals surface area contributed by atoms with E-state index in [1.165, 1.54) is 16.9 Å². The van der Waals surface area contributed by atoms with Crippen LogP contribution in [0.3, 0.4) is 0 Å². The molecule has 7 heteroatoms. The number of carbonyl (C=O) groups is 1. The number of hydrogen-bond acceptors (Lipinski definition) is 4. The minimum Gasteiger partial charge on any atom is -0.340 e. The molecule has 0 spiro atoms. The number of hydrogen-bond donors (Lipinski definition) is 1. The van der Waals surface area contributed by atoms with E-state index in [4.69, 9.17) is 4.98 Å². The van der Waals surface area contributed by atoms with Crippen molar-refractivity contribution in [2.45, 2.75) is 52.6 Å². The fourth-order valence-corrected chi connectivity index (χ4v) is 4.71. The van der Waals surface area contributed by atoms with Crippen LogP contribution in [0.5, 0.6) is 0 Å². The van der Waals surface area contributed by atoms with Crippen molar-refractivity contribution in [2.24, 2.45) is 0 Å². The van der Waals surface area contributed by atoms with E-state index < -0.39 is 0 Å². The van der Waals surface area contributed by atoms with Gasteiger partial charge in [0.25, 0.3) is 0 Å². The normalized spacial score (nSPS) is 17.1. The van der Waals surface area contributed by atoms with Crippen molar-refractivity contribution in [3.63, 3.8) is 0 Å². The summed E-state index contributed by atoms with van der Waals surface area (Å²) in [6, 6.07) is 6.14. The Bertz CT molecular complexity index is 1060. The number of aromatic amines is 1. The van der Waals surface area contributed by atoms with E-state index in [0.29, 0.717) is 13.0 Å². The minimum atomic E-state index is -0.00719. The van der Waals surface area contributed by atoms with Crippen LogP contribution >= 0.6 is 11.3 Å². The average molecular weight is 385 g/mol. The van der Waals surface area contributed by atoms with E-state index in [0.717, 1.165) is 46.8 Å². The van der Waals surface area contributed by atoms with Crippen molar-refractivity contribution in [3.8, 4) is 0 Å². The van der Waals surface area contributed by atoms with Crippen LogP contribution in [0.25, 0.3) is 11.0 Å². The molecule has 1 saturated heterocycles. The predicted molar refractivity (Wildman–Crippen MR) is 107 cm³/mol. The molecule has 1 atom stereocenters. The number of amides is 1. The number of imidazole rings is 1. The highest BCUT2D eigenvalue weighted by Crippen LogP contribution is 2.32. The summed E-state index contributed by atoms with van der Waals surface area (Å²) in [5, 5.41) is 0. The van der Waals surface area contributed by atoms with Gasteiger partial charge in [0, 0.05) is 30.1 Å².